The molecule has 102 valence electrons. The van der Waals surface area contributed by atoms with Crippen molar-refractivity contribution in [3.05, 3.63) is 36.0 Å². The van der Waals surface area contributed by atoms with Crippen LogP contribution in [0.3, 0.4) is 0 Å². The van der Waals surface area contributed by atoms with Gasteiger partial charge in [0.25, 0.3) is 10.0 Å². The third-order valence-electron chi connectivity index (χ3n) is 2.76. The molecule has 2 aromatic rings. The van der Waals surface area contributed by atoms with Gasteiger partial charge in [0.2, 0.25) is 0 Å². The summed E-state index contributed by atoms with van der Waals surface area (Å²) in [6.07, 6.45) is 1.43. The molecule has 0 aliphatic rings. The van der Waals surface area contributed by atoms with E-state index in [1.165, 1.54) is 10.9 Å². The quantitative estimate of drug-likeness (QED) is 0.890. The number of nitrogens with one attached hydrogen (secondary N) is 1. The molecule has 0 aliphatic carbocycles. The molecule has 0 bridgehead atoms. The average Bonchev–Trinajstić information content (AvgIpc) is 2.74. The molecule has 0 spiro atoms. The Bertz CT molecular complexity index is 692. The number of hydrogen-bond donors (Lipinski definition) is 2. The predicted octanol–water partition coefficient (Wildman–Crippen LogP) is 1.59. The molecular weight excluding hydrogens is 264 g/mol. The second-order valence-corrected chi connectivity index (χ2v) is 5.81. The van der Waals surface area contributed by atoms with Crippen LogP contribution in [-0.2, 0) is 16.6 Å². The lowest BCUT2D eigenvalue weighted by Crippen LogP contribution is -2.14. The van der Waals surface area contributed by atoms with Gasteiger partial charge in [-0.25, -0.2) is 8.42 Å². The van der Waals surface area contributed by atoms with E-state index in [9.17, 15) is 8.42 Å². The highest BCUT2D eigenvalue weighted by atomic mass is 32.2. The fourth-order valence-corrected chi connectivity index (χ4v) is 2.88. The van der Waals surface area contributed by atoms with Gasteiger partial charge in [-0.1, -0.05) is 18.2 Å². The molecule has 0 saturated carbocycles. The molecule has 0 amide bonds. The smallest absolute Gasteiger partial charge is 0.267 e. The minimum atomic E-state index is -3.71. The van der Waals surface area contributed by atoms with E-state index in [0.717, 1.165) is 5.56 Å². The maximum atomic E-state index is 12.3. The first-order valence-electron chi connectivity index (χ1n) is 5.85. The van der Waals surface area contributed by atoms with Crippen LogP contribution in [0.15, 0.2) is 35.4 Å². The highest BCUT2D eigenvalue weighted by Crippen LogP contribution is 2.22. The largest absolute Gasteiger partial charge is 0.381 e. The summed E-state index contributed by atoms with van der Waals surface area (Å²) >= 11 is 0. The zero-order valence-corrected chi connectivity index (χ0v) is 11.6. The van der Waals surface area contributed by atoms with E-state index in [4.69, 9.17) is 5.73 Å². The Hall–Kier alpha value is -2.02. The number of nitrogens with two attached hydrogens (primary N) is 1. The highest BCUT2D eigenvalue weighted by Gasteiger charge is 2.21. The number of aryl methyl sites for hydroxylation is 2. The first-order chi connectivity index (χ1) is 8.94. The van der Waals surface area contributed by atoms with Gasteiger partial charge in [-0.2, -0.15) is 5.10 Å². The van der Waals surface area contributed by atoms with Crippen molar-refractivity contribution < 1.29 is 8.42 Å². The molecular formula is C12H16N4O2S. The lowest BCUT2D eigenvalue weighted by molar-refractivity contribution is 0.600. The lowest BCUT2D eigenvalue weighted by Gasteiger charge is -2.09. The molecule has 0 fully saturated rings. The minimum absolute atomic E-state index is 0.00222. The van der Waals surface area contributed by atoms with Crippen LogP contribution >= 0.6 is 0 Å². The molecule has 0 radical (unpaired) electrons. The van der Waals surface area contributed by atoms with Crippen LogP contribution in [0.1, 0.15) is 12.5 Å². The van der Waals surface area contributed by atoms with Gasteiger partial charge in [0.05, 0.1) is 5.69 Å². The molecule has 0 atom stereocenters. The third kappa shape index (κ3) is 2.70. The summed E-state index contributed by atoms with van der Waals surface area (Å²) in [7, 11) is -3.71. The van der Waals surface area contributed by atoms with Gasteiger partial charge in [-0.3, -0.25) is 9.40 Å². The van der Waals surface area contributed by atoms with Crippen molar-refractivity contribution in [2.24, 2.45) is 0 Å². The number of benzene rings is 1. The monoisotopic (exact) mass is 280 g/mol. The molecule has 6 nitrogen and oxygen atoms in total. The lowest BCUT2D eigenvalue weighted by atomic mass is 10.2. The molecule has 19 heavy (non-hydrogen) atoms. The third-order valence-corrected chi connectivity index (χ3v) is 4.14. The van der Waals surface area contributed by atoms with E-state index in [1.807, 2.05) is 26.0 Å². The fourth-order valence-electron chi connectivity index (χ4n) is 1.67. The van der Waals surface area contributed by atoms with Crippen LogP contribution in [0.25, 0.3) is 0 Å². The fraction of sp³-hybridized carbons (Fsp3) is 0.250. The molecule has 0 saturated heterocycles. The predicted molar refractivity (Wildman–Crippen MR) is 74.3 cm³/mol. The number of nitrogens with zero attached hydrogens (tertiary/aromatic N) is 2. The van der Waals surface area contributed by atoms with Crippen LogP contribution in [0, 0.1) is 6.92 Å². The first-order valence-corrected chi connectivity index (χ1v) is 7.33. The normalized spacial score (nSPS) is 11.5. The van der Waals surface area contributed by atoms with E-state index in [-0.39, 0.29) is 10.7 Å². The van der Waals surface area contributed by atoms with Crippen molar-refractivity contribution in [2.75, 3.05) is 10.5 Å². The van der Waals surface area contributed by atoms with Gasteiger partial charge in [0.15, 0.2) is 5.82 Å². The summed E-state index contributed by atoms with van der Waals surface area (Å²) in [5.41, 5.74) is 7.02. The number of anilines is 2. The summed E-state index contributed by atoms with van der Waals surface area (Å²) < 4.78 is 28.5. The Kier molecular flexibility index (Phi) is 3.48. The Balaban J connectivity index is 2.38. The van der Waals surface area contributed by atoms with Crippen LogP contribution in [0.5, 0.6) is 0 Å². The highest BCUT2D eigenvalue weighted by molar-refractivity contribution is 7.92. The van der Waals surface area contributed by atoms with Gasteiger partial charge in [-0.05, 0) is 25.5 Å². The standard InChI is InChI=1S/C12H16N4O2S/c1-3-16-8-11(12(13)14-16)19(17,18)15-10-7-5-4-6-9(10)2/h4-8,15H,3H2,1-2H3,(H2,13,14). The van der Waals surface area contributed by atoms with E-state index in [2.05, 4.69) is 9.82 Å². The van der Waals surface area contributed by atoms with Crippen LogP contribution < -0.4 is 10.5 Å². The van der Waals surface area contributed by atoms with Gasteiger partial charge < -0.3 is 5.73 Å². The van der Waals surface area contributed by atoms with Crippen molar-refractivity contribution >= 4 is 21.5 Å². The molecule has 3 N–H and O–H groups in total. The second kappa shape index (κ2) is 4.93. The zero-order valence-electron chi connectivity index (χ0n) is 10.8. The number of aromatic nitrogens is 2. The maximum absolute atomic E-state index is 12.3. The van der Waals surface area contributed by atoms with Crippen molar-refractivity contribution in [2.45, 2.75) is 25.3 Å². The first kappa shape index (κ1) is 13.4. The Morgan fingerprint density at radius 1 is 1.37 bits per heavy atom. The van der Waals surface area contributed by atoms with E-state index < -0.39 is 10.0 Å². The number of para-hydroxylation sites is 1. The zero-order chi connectivity index (χ0) is 14.0. The molecule has 2 rings (SSSR count). The Morgan fingerprint density at radius 3 is 2.63 bits per heavy atom. The number of sulfonamides is 1. The van der Waals surface area contributed by atoms with Gasteiger partial charge >= 0.3 is 0 Å². The molecule has 0 unspecified atom stereocenters. The van der Waals surface area contributed by atoms with Crippen molar-refractivity contribution in [1.82, 2.24) is 9.78 Å². The second-order valence-electron chi connectivity index (χ2n) is 4.15. The van der Waals surface area contributed by atoms with Crippen LogP contribution in [0.4, 0.5) is 11.5 Å². The topological polar surface area (TPSA) is 90.0 Å². The number of nitrogen functional groups attached to an aromatic ring is 1. The Morgan fingerprint density at radius 2 is 2.05 bits per heavy atom. The maximum Gasteiger partial charge on any atom is 0.267 e. The summed E-state index contributed by atoms with van der Waals surface area (Å²) in [5.74, 6) is 0.00272. The van der Waals surface area contributed by atoms with Crippen molar-refractivity contribution in [1.29, 1.82) is 0 Å². The SMILES string of the molecule is CCn1cc(S(=O)(=O)Nc2ccccc2C)c(N)n1. The molecule has 7 heteroatoms. The van der Waals surface area contributed by atoms with Crippen LogP contribution in [-0.4, -0.2) is 18.2 Å². The summed E-state index contributed by atoms with van der Waals surface area (Å²) in [4.78, 5) is -0.00222. The van der Waals surface area contributed by atoms with E-state index in [1.54, 1.807) is 12.1 Å². The Labute approximate surface area is 112 Å². The van der Waals surface area contributed by atoms with Gasteiger partial charge in [-0.15, -0.1) is 0 Å². The molecule has 1 aromatic heterocycles. The molecule has 0 aliphatic heterocycles. The molecule has 1 aromatic carbocycles. The van der Waals surface area contributed by atoms with Gasteiger partial charge in [0.1, 0.15) is 4.90 Å². The number of hydrogen-bond acceptors (Lipinski definition) is 4. The average molecular weight is 280 g/mol. The van der Waals surface area contributed by atoms with Crippen LogP contribution in [0.2, 0.25) is 0 Å². The molecule has 1 heterocycles. The number of rotatable bonds is 4. The van der Waals surface area contributed by atoms with Crippen molar-refractivity contribution in [3.8, 4) is 0 Å². The minimum Gasteiger partial charge on any atom is -0.381 e. The summed E-state index contributed by atoms with van der Waals surface area (Å²) in [6, 6.07) is 7.14. The summed E-state index contributed by atoms with van der Waals surface area (Å²) in [6.45, 7) is 4.25. The van der Waals surface area contributed by atoms with Gasteiger partial charge in [0, 0.05) is 12.7 Å². The van der Waals surface area contributed by atoms with E-state index >= 15 is 0 Å². The summed E-state index contributed by atoms with van der Waals surface area (Å²) in [5, 5.41) is 3.93. The van der Waals surface area contributed by atoms with Crippen molar-refractivity contribution in [3.63, 3.8) is 0 Å². The van der Waals surface area contributed by atoms with E-state index in [0.29, 0.717) is 12.2 Å².